The van der Waals surface area contributed by atoms with Gasteiger partial charge in [-0.25, -0.2) is 0 Å². The molecule has 0 heterocycles. The van der Waals surface area contributed by atoms with Crippen molar-refractivity contribution >= 4 is 39.3 Å². The number of nitrogens with zero attached hydrogens (tertiary/aromatic N) is 1. The third kappa shape index (κ3) is 6.58. The highest BCUT2D eigenvalue weighted by atomic mass is 79.9. The maximum atomic E-state index is 13.2. The van der Waals surface area contributed by atoms with E-state index in [0.29, 0.717) is 11.6 Å². The van der Waals surface area contributed by atoms with Crippen LogP contribution in [0.5, 0.6) is 0 Å². The van der Waals surface area contributed by atoms with Crippen LogP contribution in [-0.4, -0.2) is 28.8 Å². The second-order valence-electron chi connectivity index (χ2n) is 7.97. The number of benzene rings is 2. The van der Waals surface area contributed by atoms with Gasteiger partial charge in [-0.1, -0.05) is 71.1 Å². The van der Waals surface area contributed by atoms with Gasteiger partial charge in [0, 0.05) is 22.1 Å². The minimum Gasteiger partial charge on any atom is -0.352 e. The van der Waals surface area contributed by atoms with E-state index in [1.807, 2.05) is 43.3 Å². The summed E-state index contributed by atoms with van der Waals surface area (Å²) >= 11 is 9.45. The molecule has 2 aromatic rings. The van der Waals surface area contributed by atoms with E-state index >= 15 is 0 Å². The lowest BCUT2D eigenvalue weighted by atomic mass is 9.95. The van der Waals surface area contributed by atoms with Gasteiger partial charge in [-0.3, -0.25) is 9.59 Å². The summed E-state index contributed by atoms with van der Waals surface area (Å²) in [5.74, 6) is -0.162. The third-order valence-corrected chi connectivity index (χ3v) is 6.37. The van der Waals surface area contributed by atoms with Gasteiger partial charge in [-0.05, 0) is 55.2 Å². The minimum absolute atomic E-state index is 0.0800. The average Bonchev–Trinajstić information content (AvgIpc) is 2.74. The normalized spacial score (nSPS) is 15.4. The molecule has 0 bridgehead atoms. The Balaban J connectivity index is 1.75. The monoisotopic (exact) mass is 490 g/mol. The first kappa shape index (κ1) is 22.8. The third-order valence-electron chi connectivity index (χ3n) is 5.63. The molecule has 1 saturated carbocycles. The molecule has 0 aromatic heterocycles. The molecular formula is C24H28BrClN2O2. The molecule has 2 amide bonds. The van der Waals surface area contributed by atoms with E-state index in [1.54, 1.807) is 17.0 Å². The summed E-state index contributed by atoms with van der Waals surface area (Å²) in [5.41, 5.74) is 1.86. The van der Waals surface area contributed by atoms with E-state index in [9.17, 15) is 9.59 Å². The van der Waals surface area contributed by atoms with Crippen molar-refractivity contribution < 1.29 is 9.59 Å². The fourth-order valence-corrected chi connectivity index (χ4v) is 4.43. The highest BCUT2D eigenvalue weighted by Gasteiger charge is 2.28. The van der Waals surface area contributed by atoms with Crippen molar-refractivity contribution in [3.05, 3.63) is 69.2 Å². The number of halogens is 2. The number of amides is 2. The molecule has 3 rings (SSSR count). The van der Waals surface area contributed by atoms with Crippen molar-refractivity contribution in [2.45, 2.75) is 64.1 Å². The van der Waals surface area contributed by atoms with Crippen LogP contribution in [0.4, 0.5) is 0 Å². The number of carbonyl (C=O) groups excluding carboxylic acids is 2. The molecule has 0 saturated heterocycles. The summed E-state index contributed by atoms with van der Waals surface area (Å²) in [7, 11) is 0. The van der Waals surface area contributed by atoms with Crippen molar-refractivity contribution in [2.24, 2.45) is 0 Å². The molecule has 1 aliphatic carbocycles. The topological polar surface area (TPSA) is 49.4 Å². The van der Waals surface area contributed by atoms with E-state index in [-0.39, 0.29) is 24.3 Å². The molecular weight excluding hydrogens is 464 g/mol. The Morgan fingerprint density at radius 2 is 1.80 bits per heavy atom. The highest BCUT2D eigenvalue weighted by Crippen LogP contribution is 2.20. The zero-order valence-corrected chi connectivity index (χ0v) is 19.6. The molecule has 6 heteroatoms. The summed E-state index contributed by atoms with van der Waals surface area (Å²) in [6.07, 6.45) is 5.79. The Hall–Kier alpha value is -1.85. The predicted octanol–water partition coefficient (Wildman–Crippen LogP) is 5.51. The van der Waals surface area contributed by atoms with Gasteiger partial charge in [-0.15, -0.1) is 0 Å². The Morgan fingerprint density at radius 3 is 2.47 bits per heavy atom. The van der Waals surface area contributed by atoms with E-state index < -0.39 is 6.04 Å². The zero-order valence-electron chi connectivity index (χ0n) is 17.2. The molecule has 2 aromatic carbocycles. The fraction of sp³-hybridized carbons (Fsp3) is 0.417. The molecule has 0 spiro atoms. The van der Waals surface area contributed by atoms with Gasteiger partial charge in [0.2, 0.25) is 11.8 Å². The second kappa shape index (κ2) is 11.0. The Bertz CT molecular complexity index is 866. The predicted molar refractivity (Wildman–Crippen MR) is 124 cm³/mol. The summed E-state index contributed by atoms with van der Waals surface area (Å²) in [4.78, 5) is 27.9. The Kier molecular flexibility index (Phi) is 8.34. The largest absolute Gasteiger partial charge is 0.352 e. The number of carbonyl (C=O) groups is 2. The number of nitrogens with one attached hydrogen (secondary N) is 1. The molecule has 1 N–H and O–H groups in total. The van der Waals surface area contributed by atoms with Crippen molar-refractivity contribution in [1.29, 1.82) is 0 Å². The molecule has 1 fully saturated rings. The second-order valence-corrected chi connectivity index (χ2v) is 9.33. The molecule has 1 unspecified atom stereocenters. The average molecular weight is 492 g/mol. The van der Waals surface area contributed by atoms with Gasteiger partial charge < -0.3 is 10.2 Å². The summed E-state index contributed by atoms with van der Waals surface area (Å²) in [5, 5.41) is 3.80. The van der Waals surface area contributed by atoms with Gasteiger partial charge in [0.15, 0.2) is 0 Å². The van der Waals surface area contributed by atoms with E-state index in [0.717, 1.165) is 41.3 Å². The molecule has 30 heavy (non-hydrogen) atoms. The standard InChI is InChI=1S/C24H28BrClN2O2/c1-17(24(30)27-22-8-3-2-4-9-22)28(16-19-6-5-7-20(25)14-19)23(29)15-18-10-12-21(26)13-11-18/h5-7,10-14,17,22H,2-4,8-9,15-16H2,1H3,(H,27,30). The lowest BCUT2D eigenvalue weighted by molar-refractivity contribution is -0.140. The van der Waals surface area contributed by atoms with Crippen molar-refractivity contribution in [3.8, 4) is 0 Å². The number of hydrogen-bond donors (Lipinski definition) is 1. The smallest absolute Gasteiger partial charge is 0.242 e. The first-order chi connectivity index (χ1) is 14.4. The maximum Gasteiger partial charge on any atom is 0.242 e. The van der Waals surface area contributed by atoms with Gasteiger partial charge in [0.25, 0.3) is 0 Å². The van der Waals surface area contributed by atoms with E-state index in [4.69, 9.17) is 11.6 Å². The molecule has 0 radical (unpaired) electrons. The molecule has 4 nitrogen and oxygen atoms in total. The van der Waals surface area contributed by atoms with Crippen molar-refractivity contribution in [2.75, 3.05) is 0 Å². The lowest BCUT2D eigenvalue weighted by Gasteiger charge is -2.31. The van der Waals surface area contributed by atoms with Crippen molar-refractivity contribution in [1.82, 2.24) is 10.2 Å². The first-order valence-electron chi connectivity index (χ1n) is 10.5. The van der Waals surface area contributed by atoms with E-state index in [1.165, 1.54) is 6.42 Å². The molecule has 1 aliphatic rings. The first-order valence-corrected chi connectivity index (χ1v) is 11.7. The lowest BCUT2D eigenvalue weighted by Crippen LogP contribution is -2.50. The van der Waals surface area contributed by atoms with Gasteiger partial charge in [0.1, 0.15) is 6.04 Å². The van der Waals surface area contributed by atoms with Crippen LogP contribution in [0.3, 0.4) is 0 Å². The molecule has 0 aliphatic heterocycles. The van der Waals surface area contributed by atoms with Crippen molar-refractivity contribution in [3.63, 3.8) is 0 Å². The van der Waals surface area contributed by atoms with Crippen LogP contribution in [0.1, 0.15) is 50.2 Å². The summed E-state index contributed by atoms with van der Waals surface area (Å²) in [6, 6.07) is 14.8. The van der Waals surface area contributed by atoms with Gasteiger partial charge >= 0.3 is 0 Å². The van der Waals surface area contributed by atoms with E-state index in [2.05, 4.69) is 21.2 Å². The minimum atomic E-state index is -0.550. The Labute approximate surface area is 192 Å². The van der Waals surface area contributed by atoms with Crippen LogP contribution in [0.2, 0.25) is 5.02 Å². The molecule has 1 atom stereocenters. The zero-order chi connectivity index (χ0) is 21.5. The van der Waals surface area contributed by atoms with Crippen LogP contribution < -0.4 is 5.32 Å². The van der Waals surface area contributed by atoms with Gasteiger partial charge in [-0.2, -0.15) is 0 Å². The summed E-state index contributed by atoms with van der Waals surface area (Å²) in [6.45, 7) is 2.20. The quantitative estimate of drug-likeness (QED) is 0.555. The highest BCUT2D eigenvalue weighted by molar-refractivity contribution is 9.10. The number of rotatable bonds is 7. The summed E-state index contributed by atoms with van der Waals surface area (Å²) < 4.78 is 0.949. The van der Waals surface area contributed by atoms with Crippen LogP contribution in [0.25, 0.3) is 0 Å². The SMILES string of the molecule is CC(C(=O)NC1CCCCC1)N(Cc1cccc(Br)c1)C(=O)Cc1ccc(Cl)cc1. The van der Waals surface area contributed by atoms with Crippen LogP contribution >= 0.6 is 27.5 Å². The Morgan fingerprint density at radius 1 is 1.10 bits per heavy atom. The van der Waals surface area contributed by atoms with Crippen LogP contribution in [0, 0.1) is 0 Å². The molecule has 160 valence electrons. The van der Waals surface area contributed by atoms with Crippen LogP contribution in [0.15, 0.2) is 53.0 Å². The number of hydrogen-bond acceptors (Lipinski definition) is 2. The van der Waals surface area contributed by atoms with Crippen LogP contribution in [-0.2, 0) is 22.6 Å². The fourth-order valence-electron chi connectivity index (χ4n) is 3.86. The maximum absolute atomic E-state index is 13.2. The van der Waals surface area contributed by atoms with Gasteiger partial charge in [0.05, 0.1) is 6.42 Å².